The summed E-state index contributed by atoms with van der Waals surface area (Å²) >= 11 is 0. The molecule has 1 atom stereocenters. The molecule has 0 aliphatic heterocycles. The Bertz CT molecular complexity index is 689. The summed E-state index contributed by atoms with van der Waals surface area (Å²) in [6.07, 6.45) is 1.68. The number of phenols is 1. The Hall–Kier alpha value is -2.30. The molecule has 1 amide bonds. The van der Waals surface area contributed by atoms with Crippen molar-refractivity contribution in [1.29, 1.82) is 0 Å². The van der Waals surface area contributed by atoms with Gasteiger partial charge in [-0.05, 0) is 56.0 Å². The lowest BCUT2D eigenvalue weighted by Gasteiger charge is -2.18. The summed E-state index contributed by atoms with van der Waals surface area (Å²) in [6.45, 7) is 9.61. The number of anilines is 1. The third-order valence-corrected chi connectivity index (χ3v) is 3.87. The van der Waals surface area contributed by atoms with Gasteiger partial charge in [-0.15, -0.1) is 0 Å². The van der Waals surface area contributed by atoms with E-state index in [0.717, 1.165) is 22.5 Å². The van der Waals surface area contributed by atoms with Crippen molar-refractivity contribution in [2.24, 2.45) is 0 Å². The van der Waals surface area contributed by atoms with E-state index in [1.165, 1.54) is 0 Å². The van der Waals surface area contributed by atoms with Gasteiger partial charge in [0.15, 0.2) is 0 Å². The van der Waals surface area contributed by atoms with Crippen LogP contribution in [0.25, 0.3) is 0 Å². The van der Waals surface area contributed by atoms with E-state index in [2.05, 4.69) is 10.4 Å². The van der Waals surface area contributed by atoms with Crippen LogP contribution < -0.4 is 5.32 Å². The lowest BCUT2D eigenvalue weighted by Crippen LogP contribution is -2.25. The number of nitrogens with zero attached hydrogens (tertiary/aromatic N) is 2. The summed E-state index contributed by atoms with van der Waals surface area (Å²) < 4.78 is 1.69. The number of phenolic OH excluding ortho intramolecular Hbond substituents is 1. The Labute approximate surface area is 131 Å². The van der Waals surface area contributed by atoms with Crippen LogP contribution in [0.1, 0.15) is 49.6 Å². The Morgan fingerprint density at radius 3 is 2.50 bits per heavy atom. The first-order chi connectivity index (χ1) is 10.3. The Morgan fingerprint density at radius 2 is 1.95 bits per heavy atom. The predicted octanol–water partition coefficient (Wildman–Crippen LogP) is 3.53. The van der Waals surface area contributed by atoms with Gasteiger partial charge in [0.1, 0.15) is 11.8 Å². The summed E-state index contributed by atoms with van der Waals surface area (Å²) in [5, 5.41) is 17.1. The van der Waals surface area contributed by atoms with Crippen LogP contribution in [0.2, 0.25) is 0 Å². The number of hydrogen-bond donors (Lipinski definition) is 2. The molecule has 0 saturated carbocycles. The molecule has 5 nitrogen and oxygen atoms in total. The van der Waals surface area contributed by atoms with Crippen molar-refractivity contribution in [1.82, 2.24) is 9.78 Å². The highest BCUT2D eigenvalue weighted by atomic mass is 16.3. The second-order valence-electron chi connectivity index (χ2n) is 5.96. The number of amides is 1. The van der Waals surface area contributed by atoms with Crippen LogP contribution in [-0.2, 0) is 4.79 Å². The number of aromatic nitrogens is 2. The summed E-state index contributed by atoms with van der Waals surface area (Å²) in [7, 11) is 0. The fraction of sp³-hybridized carbons (Fsp3) is 0.412. The lowest BCUT2D eigenvalue weighted by atomic mass is 9.99. The van der Waals surface area contributed by atoms with Gasteiger partial charge in [0, 0.05) is 17.6 Å². The quantitative estimate of drug-likeness (QED) is 0.849. The van der Waals surface area contributed by atoms with E-state index >= 15 is 0 Å². The van der Waals surface area contributed by atoms with Crippen LogP contribution in [0.15, 0.2) is 24.4 Å². The van der Waals surface area contributed by atoms with Crippen molar-refractivity contribution in [3.05, 3.63) is 41.2 Å². The summed E-state index contributed by atoms with van der Waals surface area (Å²) in [4.78, 5) is 12.4. The zero-order valence-corrected chi connectivity index (χ0v) is 13.7. The molecular weight excluding hydrogens is 278 g/mol. The van der Waals surface area contributed by atoms with Gasteiger partial charge in [0.05, 0.1) is 0 Å². The maximum atomic E-state index is 12.4. The van der Waals surface area contributed by atoms with Crippen molar-refractivity contribution in [2.75, 3.05) is 5.32 Å². The number of carbonyl (C=O) groups is 1. The second-order valence-corrected chi connectivity index (χ2v) is 5.96. The van der Waals surface area contributed by atoms with Crippen LogP contribution in [0.5, 0.6) is 5.75 Å². The summed E-state index contributed by atoms with van der Waals surface area (Å²) in [5.74, 6) is 0.318. The minimum absolute atomic E-state index is 0.129. The predicted molar refractivity (Wildman–Crippen MR) is 87.2 cm³/mol. The summed E-state index contributed by atoms with van der Waals surface area (Å²) in [6, 6.07) is 5.00. The summed E-state index contributed by atoms with van der Waals surface area (Å²) in [5.41, 5.74) is 3.32. The Kier molecular flexibility index (Phi) is 4.54. The van der Waals surface area contributed by atoms with Gasteiger partial charge in [0.2, 0.25) is 5.91 Å². The second kappa shape index (κ2) is 6.22. The van der Waals surface area contributed by atoms with Crippen LogP contribution in [0, 0.1) is 13.8 Å². The Balaban J connectivity index is 2.25. The number of benzene rings is 1. The smallest absolute Gasteiger partial charge is 0.248 e. The van der Waals surface area contributed by atoms with Gasteiger partial charge < -0.3 is 10.4 Å². The highest BCUT2D eigenvalue weighted by molar-refractivity contribution is 5.94. The van der Waals surface area contributed by atoms with Crippen molar-refractivity contribution < 1.29 is 9.90 Å². The average Bonchev–Trinajstić information content (AvgIpc) is 2.86. The zero-order chi connectivity index (χ0) is 16.4. The van der Waals surface area contributed by atoms with Gasteiger partial charge in [0.25, 0.3) is 0 Å². The molecule has 22 heavy (non-hydrogen) atoms. The third-order valence-electron chi connectivity index (χ3n) is 3.87. The van der Waals surface area contributed by atoms with E-state index in [1.807, 2.05) is 46.8 Å². The van der Waals surface area contributed by atoms with Gasteiger partial charge >= 0.3 is 0 Å². The normalized spacial score (nSPS) is 12.5. The molecule has 2 N–H and O–H groups in total. The molecule has 0 fully saturated rings. The van der Waals surface area contributed by atoms with E-state index in [0.29, 0.717) is 0 Å². The fourth-order valence-electron chi connectivity index (χ4n) is 2.44. The molecule has 0 spiro atoms. The molecule has 2 rings (SSSR count). The molecule has 1 unspecified atom stereocenters. The maximum Gasteiger partial charge on any atom is 0.248 e. The first-order valence-electron chi connectivity index (χ1n) is 7.45. The molecule has 118 valence electrons. The molecule has 0 radical (unpaired) electrons. The SMILES string of the molecule is Cc1cc(O)c(C(C)C)cc1NC(=O)C(C)n1nccc1C. The first kappa shape index (κ1) is 16.1. The molecule has 0 aliphatic carbocycles. The van der Waals surface area contributed by atoms with E-state index in [-0.39, 0.29) is 17.6 Å². The average molecular weight is 301 g/mol. The van der Waals surface area contributed by atoms with Crippen LogP contribution >= 0.6 is 0 Å². The fourth-order valence-corrected chi connectivity index (χ4v) is 2.44. The third kappa shape index (κ3) is 3.13. The van der Waals surface area contributed by atoms with Crippen molar-refractivity contribution >= 4 is 11.6 Å². The molecule has 5 heteroatoms. The number of hydrogen-bond acceptors (Lipinski definition) is 3. The van der Waals surface area contributed by atoms with E-state index in [1.54, 1.807) is 16.9 Å². The topological polar surface area (TPSA) is 67.2 Å². The standard InChI is InChI=1S/C17H23N3O2/c1-10(2)14-9-15(11(3)8-16(14)21)19-17(22)13(5)20-12(4)6-7-18-20/h6-10,13,21H,1-5H3,(H,19,22). The lowest BCUT2D eigenvalue weighted by molar-refractivity contribution is -0.119. The van der Waals surface area contributed by atoms with E-state index in [9.17, 15) is 9.90 Å². The van der Waals surface area contributed by atoms with Crippen LogP contribution in [0.4, 0.5) is 5.69 Å². The minimum Gasteiger partial charge on any atom is -0.508 e. The largest absolute Gasteiger partial charge is 0.508 e. The molecule has 0 aliphatic rings. The molecular formula is C17H23N3O2. The number of aromatic hydroxyl groups is 1. The molecule has 0 bridgehead atoms. The van der Waals surface area contributed by atoms with Crippen molar-refractivity contribution in [3.63, 3.8) is 0 Å². The molecule has 1 aromatic heterocycles. The van der Waals surface area contributed by atoms with Gasteiger partial charge in [-0.1, -0.05) is 13.8 Å². The first-order valence-corrected chi connectivity index (χ1v) is 7.45. The Morgan fingerprint density at radius 1 is 1.27 bits per heavy atom. The minimum atomic E-state index is -0.397. The molecule has 1 heterocycles. The molecule has 1 aromatic carbocycles. The number of rotatable bonds is 4. The molecule has 2 aromatic rings. The van der Waals surface area contributed by atoms with E-state index < -0.39 is 6.04 Å². The van der Waals surface area contributed by atoms with Crippen molar-refractivity contribution in [3.8, 4) is 5.75 Å². The monoisotopic (exact) mass is 301 g/mol. The van der Waals surface area contributed by atoms with Gasteiger partial charge in [-0.2, -0.15) is 5.10 Å². The number of carbonyl (C=O) groups excluding carboxylic acids is 1. The highest BCUT2D eigenvalue weighted by Crippen LogP contribution is 2.31. The maximum absolute atomic E-state index is 12.4. The van der Waals surface area contributed by atoms with E-state index in [4.69, 9.17) is 0 Å². The van der Waals surface area contributed by atoms with Gasteiger partial charge in [-0.3, -0.25) is 9.48 Å². The number of nitrogens with one attached hydrogen (secondary N) is 1. The molecule has 0 saturated heterocycles. The number of aryl methyl sites for hydroxylation is 2. The van der Waals surface area contributed by atoms with Crippen LogP contribution in [0.3, 0.4) is 0 Å². The van der Waals surface area contributed by atoms with Crippen LogP contribution in [-0.4, -0.2) is 20.8 Å². The zero-order valence-electron chi connectivity index (χ0n) is 13.7. The van der Waals surface area contributed by atoms with Gasteiger partial charge in [-0.25, -0.2) is 0 Å². The van der Waals surface area contributed by atoms with Crippen molar-refractivity contribution in [2.45, 2.75) is 46.6 Å². The highest BCUT2D eigenvalue weighted by Gasteiger charge is 2.19.